The van der Waals surface area contributed by atoms with Gasteiger partial charge in [0, 0.05) is 23.6 Å². The van der Waals surface area contributed by atoms with E-state index in [4.69, 9.17) is 0 Å². The minimum atomic E-state index is -0.473. The second kappa shape index (κ2) is 7.88. The summed E-state index contributed by atoms with van der Waals surface area (Å²) in [6.07, 6.45) is 0.0643. The molecule has 0 saturated carbocycles. The molecule has 0 aliphatic rings. The zero-order valence-corrected chi connectivity index (χ0v) is 14.8. The molecule has 0 saturated heterocycles. The molecule has 0 fully saturated rings. The van der Waals surface area contributed by atoms with Crippen molar-refractivity contribution in [1.82, 2.24) is 4.98 Å². The Kier molecular flexibility index (Phi) is 5.38. The van der Waals surface area contributed by atoms with Crippen LogP contribution in [-0.4, -0.2) is 16.8 Å². The van der Waals surface area contributed by atoms with Gasteiger partial charge in [-0.1, -0.05) is 12.1 Å². The van der Waals surface area contributed by atoms with E-state index in [1.807, 2.05) is 12.1 Å². The predicted octanol–water partition coefficient (Wildman–Crippen LogP) is 4.09. The number of nitrogens with zero attached hydrogens (tertiary/aromatic N) is 1. The fraction of sp³-hybridized carbons (Fsp3) is 0.105. The Morgan fingerprint density at radius 3 is 2.50 bits per heavy atom. The van der Waals surface area contributed by atoms with Crippen molar-refractivity contribution in [1.29, 1.82) is 0 Å². The molecule has 2 N–H and O–H groups in total. The van der Waals surface area contributed by atoms with Crippen molar-refractivity contribution in [3.8, 4) is 10.6 Å². The molecule has 0 aliphatic carbocycles. The van der Waals surface area contributed by atoms with Crippen LogP contribution in [0.4, 0.5) is 15.8 Å². The molecule has 0 bridgehead atoms. The number of carbonyl (C=O) groups is 2. The molecule has 1 heterocycles. The van der Waals surface area contributed by atoms with Gasteiger partial charge in [-0.15, -0.1) is 11.3 Å². The van der Waals surface area contributed by atoms with Crippen LogP contribution < -0.4 is 10.6 Å². The predicted molar refractivity (Wildman–Crippen MR) is 101 cm³/mol. The third-order valence-corrected chi connectivity index (χ3v) is 4.43. The van der Waals surface area contributed by atoms with Crippen LogP contribution in [0.15, 0.2) is 53.9 Å². The highest BCUT2D eigenvalue weighted by Gasteiger charge is 2.11. The first-order valence-electron chi connectivity index (χ1n) is 7.88. The lowest BCUT2D eigenvalue weighted by Crippen LogP contribution is -2.15. The molecule has 0 unspecified atom stereocenters. The number of carbonyl (C=O) groups excluding carboxylic acids is 2. The molecule has 0 spiro atoms. The lowest BCUT2D eigenvalue weighted by molar-refractivity contribution is -0.116. The minimum absolute atomic E-state index is 0.0643. The number of aromatic nitrogens is 1. The van der Waals surface area contributed by atoms with Gasteiger partial charge in [0.05, 0.1) is 17.8 Å². The van der Waals surface area contributed by atoms with Crippen molar-refractivity contribution in [2.45, 2.75) is 13.3 Å². The van der Waals surface area contributed by atoms with Crippen LogP contribution in [0.3, 0.4) is 0 Å². The van der Waals surface area contributed by atoms with Gasteiger partial charge >= 0.3 is 0 Å². The lowest BCUT2D eigenvalue weighted by atomic mass is 10.2. The van der Waals surface area contributed by atoms with Gasteiger partial charge in [0.2, 0.25) is 11.8 Å². The molecule has 7 heteroatoms. The van der Waals surface area contributed by atoms with Crippen LogP contribution in [0.5, 0.6) is 0 Å². The summed E-state index contributed by atoms with van der Waals surface area (Å²) in [5.41, 5.74) is 2.37. The molecule has 2 amide bonds. The lowest BCUT2D eigenvalue weighted by Gasteiger charge is -2.04. The maximum Gasteiger partial charge on any atom is 0.230 e. The molecule has 5 nitrogen and oxygen atoms in total. The summed E-state index contributed by atoms with van der Waals surface area (Å²) < 4.78 is 13.6. The Morgan fingerprint density at radius 2 is 1.81 bits per heavy atom. The van der Waals surface area contributed by atoms with E-state index in [0.717, 1.165) is 10.6 Å². The van der Waals surface area contributed by atoms with Crippen molar-refractivity contribution in [2.24, 2.45) is 0 Å². The van der Waals surface area contributed by atoms with Crippen molar-refractivity contribution in [2.75, 3.05) is 10.6 Å². The molecule has 0 radical (unpaired) electrons. The SMILES string of the molecule is CC(=O)Nc1ccc(-c2nc(CC(=O)Nc3ccccc3F)cs2)cc1. The monoisotopic (exact) mass is 369 g/mol. The number of benzene rings is 2. The highest BCUT2D eigenvalue weighted by molar-refractivity contribution is 7.13. The van der Waals surface area contributed by atoms with Gasteiger partial charge in [-0.3, -0.25) is 9.59 Å². The Bertz CT molecular complexity index is 938. The molecule has 0 aliphatic heterocycles. The first-order chi connectivity index (χ1) is 12.5. The van der Waals surface area contributed by atoms with Gasteiger partial charge in [0.15, 0.2) is 0 Å². The van der Waals surface area contributed by atoms with E-state index in [2.05, 4.69) is 15.6 Å². The third-order valence-electron chi connectivity index (χ3n) is 3.49. The number of rotatable bonds is 5. The number of nitrogens with one attached hydrogen (secondary N) is 2. The average Bonchev–Trinajstić information content (AvgIpc) is 3.05. The van der Waals surface area contributed by atoms with E-state index in [-0.39, 0.29) is 23.9 Å². The standard InChI is InChI=1S/C19H16FN3O2S/c1-12(24)21-14-8-6-13(7-9-14)19-22-15(11-26-19)10-18(25)23-17-5-3-2-4-16(17)20/h2-9,11H,10H2,1H3,(H,21,24)(H,23,25). The second-order valence-electron chi connectivity index (χ2n) is 5.61. The van der Waals surface area contributed by atoms with Crippen molar-refractivity contribution >= 4 is 34.5 Å². The summed E-state index contributed by atoms with van der Waals surface area (Å²) in [7, 11) is 0. The van der Waals surface area contributed by atoms with Crippen LogP contribution in [0.1, 0.15) is 12.6 Å². The summed E-state index contributed by atoms with van der Waals surface area (Å²) in [4.78, 5) is 27.6. The first-order valence-corrected chi connectivity index (χ1v) is 8.76. The fourth-order valence-corrected chi connectivity index (χ4v) is 3.17. The largest absolute Gasteiger partial charge is 0.326 e. The quantitative estimate of drug-likeness (QED) is 0.712. The Hall–Kier alpha value is -3.06. The van der Waals surface area contributed by atoms with E-state index in [1.54, 1.807) is 29.6 Å². The average molecular weight is 369 g/mol. The van der Waals surface area contributed by atoms with Gasteiger partial charge < -0.3 is 10.6 Å². The maximum absolute atomic E-state index is 13.6. The number of hydrogen-bond donors (Lipinski definition) is 2. The number of amides is 2. The molecule has 132 valence electrons. The zero-order chi connectivity index (χ0) is 18.5. The summed E-state index contributed by atoms with van der Waals surface area (Å²) in [5.74, 6) is -0.929. The second-order valence-corrected chi connectivity index (χ2v) is 6.47. The number of thiazole rings is 1. The summed E-state index contributed by atoms with van der Waals surface area (Å²) in [5, 5.41) is 7.82. The van der Waals surface area contributed by atoms with Gasteiger partial charge in [0.25, 0.3) is 0 Å². The molecule has 2 aromatic carbocycles. The number of hydrogen-bond acceptors (Lipinski definition) is 4. The Morgan fingerprint density at radius 1 is 1.08 bits per heavy atom. The van der Waals surface area contributed by atoms with E-state index in [0.29, 0.717) is 11.4 Å². The van der Waals surface area contributed by atoms with Gasteiger partial charge in [-0.2, -0.15) is 0 Å². The molecule has 26 heavy (non-hydrogen) atoms. The number of para-hydroxylation sites is 1. The van der Waals surface area contributed by atoms with Crippen LogP contribution in [0, 0.1) is 5.82 Å². The van der Waals surface area contributed by atoms with Crippen molar-refractivity contribution in [3.05, 3.63) is 65.4 Å². The highest BCUT2D eigenvalue weighted by atomic mass is 32.1. The normalized spacial score (nSPS) is 10.4. The van der Waals surface area contributed by atoms with Crippen LogP contribution in [0.2, 0.25) is 0 Å². The van der Waals surface area contributed by atoms with E-state index < -0.39 is 5.82 Å². The minimum Gasteiger partial charge on any atom is -0.326 e. The molecule has 3 aromatic rings. The molecule has 1 aromatic heterocycles. The maximum atomic E-state index is 13.6. The van der Waals surface area contributed by atoms with E-state index in [9.17, 15) is 14.0 Å². The topological polar surface area (TPSA) is 71.1 Å². The van der Waals surface area contributed by atoms with Gasteiger partial charge in [0.1, 0.15) is 10.8 Å². The fourth-order valence-electron chi connectivity index (χ4n) is 2.34. The Labute approximate surface area is 153 Å². The summed E-state index contributed by atoms with van der Waals surface area (Å²) >= 11 is 1.42. The Balaban J connectivity index is 1.65. The third kappa shape index (κ3) is 4.52. The number of halogens is 1. The molecular weight excluding hydrogens is 353 g/mol. The number of anilines is 2. The van der Waals surface area contributed by atoms with E-state index >= 15 is 0 Å². The summed E-state index contributed by atoms with van der Waals surface area (Å²) in [6, 6.07) is 13.3. The van der Waals surface area contributed by atoms with Crippen LogP contribution >= 0.6 is 11.3 Å². The molecular formula is C19H16FN3O2S. The highest BCUT2D eigenvalue weighted by Crippen LogP contribution is 2.25. The summed E-state index contributed by atoms with van der Waals surface area (Å²) in [6.45, 7) is 1.45. The smallest absolute Gasteiger partial charge is 0.230 e. The van der Waals surface area contributed by atoms with Crippen LogP contribution in [0.25, 0.3) is 10.6 Å². The van der Waals surface area contributed by atoms with Crippen LogP contribution in [-0.2, 0) is 16.0 Å². The van der Waals surface area contributed by atoms with E-state index in [1.165, 1.54) is 30.4 Å². The first kappa shape index (κ1) is 17.8. The molecule has 3 rings (SSSR count). The molecule has 0 atom stereocenters. The zero-order valence-electron chi connectivity index (χ0n) is 14.0. The van der Waals surface area contributed by atoms with Gasteiger partial charge in [-0.25, -0.2) is 9.37 Å². The van der Waals surface area contributed by atoms with Crippen molar-refractivity contribution in [3.63, 3.8) is 0 Å². The van der Waals surface area contributed by atoms with Gasteiger partial charge in [-0.05, 0) is 36.4 Å². The van der Waals surface area contributed by atoms with Crippen molar-refractivity contribution < 1.29 is 14.0 Å².